The predicted octanol–water partition coefficient (Wildman–Crippen LogP) is 3.63. The van der Waals surface area contributed by atoms with Gasteiger partial charge in [-0.3, -0.25) is 0 Å². The van der Waals surface area contributed by atoms with Crippen molar-refractivity contribution >= 4 is 12.2 Å². The van der Waals surface area contributed by atoms with Crippen LogP contribution in [0.25, 0.3) is 6.08 Å². The molecule has 0 saturated carbocycles. The lowest BCUT2D eigenvalue weighted by Crippen LogP contribution is -2.32. The van der Waals surface area contributed by atoms with Crippen molar-refractivity contribution in [1.29, 1.82) is 0 Å². The summed E-state index contributed by atoms with van der Waals surface area (Å²) in [4.78, 5) is 11.4. The average molecular weight is 277 g/mol. The number of benzene rings is 1. The maximum atomic E-state index is 11.4. The Bertz CT molecular complexity index is 487. The van der Waals surface area contributed by atoms with Crippen LogP contribution in [-0.2, 0) is 4.74 Å². The Kier molecular flexibility index (Phi) is 5.62. The first-order valence-corrected chi connectivity index (χ1v) is 6.71. The maximum absolute atomic E-state index is 11.4. The second kappa shape index (κ2) is 6.98. The summed E-state index contributed by atoms with van der Waals surface area (Å²) in [6.45, 7) is 7.99. The molecule has 1 rings (SSSR count). The molecule has 0 radical (unpaired) electrons. The van der Waals surface area contributed by atoms with E-state index < -0.39 is 11.7 Å². The standard InChI is InChI=1S/C16H23NO3/c1-12-8-9-14(18)11-13(12)7-5-6-10-17-15(19)20-16(2,3)4/h5,7-9,11,18H,6,10H2,1-4H3,(H,17,19). The molecule has 0 aromatic heterocycles. The van der Waals surface area contributed by atoms with Gasteiger partial charge in [0.05, 0.1) is 0 Å². The van der Waals surface area contributed by atoms with Gasteiger partial charge in [0.15, 0.2) is 0 Å². The minimum absolute atomic E-state index is 0.252. The molecule has 0 aliphatic carbocycles. The highest BCUT2D eigenvalue weighted by Gasteiger charge is 2.15. The minimum atomic E-state index is -0.474. The van der Waals surface area contributed by atoms with Crippen LogP contribution in [0.3, 0.4) is 0 Å². The van der Waals surface area contributed by atoms with Gasteiger partial charge in [-0.05, 0) is 57.4 Å². The number of aromatic hydroxyl groups is 1. The molecule has 0 saturated heterocycles. The lowest BCUT2D eigenvalue weighted by atomic mass is 10.1. The summed E-state index contributed by atoms with van der Waals surface area (Å²) in [5.41, 5.74) is 1.60. The van der Waals surface area contributed by atoms with Gasteiger partial charge in [-0.25, -0.2) is 4.79 Å². The van der Waals surface area contributed by atoms with Crippen LogP contribution in [0.5, 0.6) is 5.75 Å². The highest BCUT2D eigenvalue weighted by Crippen LogP contribution is 2.17. The Balaban J connectivity index is 2.36. The second-order valence-electron chi connectivity index (χ2n) is 5.66. The SMILES string of the molecule is Cc1ccc(O)cc1C=CCCNC(=O)OC(C)(C)C. The first-order chi connectivity index (χ1) is 9.28. The molecule has 0 aliphatic rings. The van der Waals surface area contributed by atoms with Gasteiger partial charge in [0.2, 0.25) is 0 Å². The number of nitrogens with one attached hydrogen (secondary N) is 1. The fourth-order valence-corrected chi connectivity index (χ4v) is 1.59. The predicted molar refractivity (Wildman–Crippen MR) is 80.7 cm³/mol. The number of hydrogen-bond donors (Lipinski definition) is 2. The number of amides is 1. The third-order valence-electron chi connectivity index (χ3n) is 2.54. The van der Waals surface area contributed by atoms with E-state index in [4.69, 9.17) is 4.74 Å². The first-order valence-electron chi connectivity index (χ1n) is 6.71. The van der Waals surface area contributed by atoms with Gasteiger partial charge in [0.1, 0.15) is 11.4 Å². The monoisotopic (exact) mass is 277 g/mol. The molecular weight excluding hydrogens is 254 g/mol. The van der Waals surface area contributed by atoms with E-state index in [0.717, 1.165) is 11.1 Å². The summed E-state index contributed by atoms with van der Waals surface area (Å²) in [5.74, 6) is 0.252. The van der Waals surface area contributed by atoms with E-state index in [-0.39, 0.29) is 5.75 Å². The highest BCUT2D eigenvalue weighted by molar-refractivity contribution is 5.67. The normalized spacial score (nSPS) is 11.6. The van der Waals surface area contributed by atoms with Crippen molar-refractivity contribution in [2.24, 2.45) is 0 Å². The van der Waals surface area contributed by atoms with Crippen molar-refractivity contribution in [2.45, 2.75) is 39.7 Å². The Morgan fingerprint density at radius 3 is 2.75 bits per heavy atom. The van der Waals surface area contributed by atoms with Gasteiger partial charge in [-0.15, -0.1) is 0 Å². The molecule has 1 aromatic rings. The van der Waals surface area contributed by atoms with Gasteiger partial charge < -0.3 is 15.2 Å². The number of phenolic OH excluding ortho intramolecular Hbond substituents is 1. The zero-order chi connectivity index (χ0) is 15.2. The summed E-state index contributed by atoms with van der Waals surface area (Å²) in [7, 11) is 0. The van der Waals surface area contributed by atoms with E-state index in [1.54, 1.807) is 12.1 Å². The lowest BCUT2D eigenvalue weighted by molar-refractivity contribution is 0.0529. The van der Waals surface area contributed by atoms with Crippen molar-refractivity contribution in [2.75, 3.05) is 6.54 Å². The van der Waals surface area contributed by atoms with Crippen molar-refractivity contribution in [3.05, 3.63) is 35.4 Å². The summed E-state index contributed by atoms with van der Waals surface area (Å²) < 4.78 is 5.13. The van der Waals surface area contributed by atoms with Crippen LogP contribution in [0, 0.1) is 6.92 Å². The van der Waals surface area contributed by atoms with Crippen LogP contribution in [0.1, 0.15) is 38.3 Å². The van der Waals surface area contributed by atoms with Crippen LogP contribution >= 0.6 is 0 Å². The Morgan fingerprint density at radius 2 is 2.10 bits per heavy atom. The average Bonchev–Trinajstić information content (AvgIpc) is 2.30. The van der Waals surface area contributed by atoms with E-state index in [1.807, 2.05) is 45.9 Å². The van der Waals surface area contributed by atoms with E-state index >= 15 is 0 Å². The second-order valence-corrected chi connectivity index (χ2v) is 5.66. The van der Waals surface area contributed by atoms with Crippen molar-refractivity contribution in [3.8, 4) is 5.75 Å². The summed E-state index contributed by atoms with van der Waals surface area (Å²) in [5, 5.41) is 12.1. The Labute approximate surface area is 120 Å². The Morgan fingerprint density at radius 1 is 1.40 bits per heavy atom. The number of phenols is 1. The van der Waals surface area contributed by atoms with Crippen LogP contribution in [-0.4, -0.2) is 23.3 Å². The molecule has 0 unspecified atom stereocenters. The van der Waals surface area contributed by atoms with Crippen LogP contribution < -0.4 is 5.32 Å². The molecule has 0 heterocycles. The number of carbonyl (C=O) groups is 1. The Hall–Kier alpha value is -1.97. The highest BCUT2D eigenvalue weighted by atomic mass is 16.6. The smallest absolute Gasteiger partial charge is 0.407 e. The molecule has 110 valence electrons. The first kappa shape index (κ1) is 16.1. The van der Waals surface area contributed by atoms with Crippen LogP contribution in [0.4, 0.5) is 4.79 Å². The van der Waals surface area contributed by atoms with Crippen LogP contribution in [0.2, 0.25) is 0 Å². The van der Waals surface area contributed by atoms with E-state index in [9.17, 15) is 9.90 Å². The topological polar surface area (TPSA) is 58.6 Å². The molecule has 20 heavy (non-hydrogen) atoms. The van der Waals surface area contributed by atoms with Crippen LogP contribution in [0.15, 0.2) is 24.3 Å². The third-order valence-corrected chi connectivity index (χ3v) is 2.54. The number of aryl methyl sites for hydroxylation is 1. The largest absolute Gasteiger partial charge is 0.508 e. The fourth-order valence-electron chi connectivity index (χ4n) is 1.59. The molecule has 0 fully saturated rings. The van der Waals surface area contributed by atoms with Crippen molar-refractivity contribution in [3.63, 3.8) is 0 Å². The summed E-state index contributed by atoms with van der Waals surface area (Å²) >= 11 is 0. The van der Waals surface area contributed by atoms with E-state index in [0.29, 0.717) is 13.0 Å². The molecule has 4 nitrogen and oxygen atoms in total. The lowest BCUT2D eigenvalue weighted by Gasteiger charge is -2.19. The van der Waals surface area contributed by atoms with E-state index in [1.165, 1.54) is 0 Å². The van der Waals surface area contributed by atoms with Gasteiger partial charge in [-0.2, -0.15) is 0 Å². The molecule has 0 aliphatic heterocycles. The van der Waals surface area contributed by atoms with Gasteiger partial charge in [-0.1, -0.05) is 18.2 Å². The number of rotatable bonds is 4. The van der Waals surface area contributed by atoms with Crippen molar-refractivity contribution < 1.29 is 14.6 Å². The zero-order valence-electron chi connectivity index (χ0n) is 12.6. The van der Waals surface area contributed by atoms with Crippen molar-refractivity contribution in [1.82, 2.24) is 5.32 Å². The molecule has 1 aromatic carbocycles. The van der Waals surface area contributed by atoms with Gasteiger partial charge in [0.25, 0.3) is 0 Å². The summed E-state index contributed by atoms with van der Waals surface area (Å²) in [6, 6.07) is 5.25. The number of alkyl carbamates (subject to hydrolysis) is 1. The minimum Gasteiger partial charge on any atom is -0.508 e. The van der Waals surface area contributed by atoms with E-state index in [2.05, 4.69) is 5.32 Å². The molecule has 0 spiro atoms. The molecule has 1 amide bonds. The molecule has 0 bridgehead atoms. The molecule has 2 N–H and O–H groups in total. The number of hydrogen-bond acceptors (Lipinski definition) is 3. The quantitative estimate of drug-likeness (QED) is 0.826. The number of carbonyl (C=O) groups excluding carboxylic acids is 1. The molecule has 4 heteroatoms. The maximum Gasteiger partial charge on any atom is 0.407 e. The molecular formula is C16H23NO3. The van der Waals surface area contributed by atoms with Gasteiger partial charge in [0, 0.05) is 6.54 Å². The summed E-state index contributed by atoms with van der Waals surface area (Å²) in [6.07, 6.45) is 4.19. The molecule has 0 atom stereocenters. The van der Waals surface area contributed by atoms with Gasteiger partial charge >= 0.3 is 6.09 Å². The third kappa shape index (κ3) is 6.27. The number of ether oxygens (including phenoxy) is 1. The zero-order valence-corrected chi connectivity index (χ0v) is 12.6. The fraction of sp³-hybridized carbons (Fsp3) is 0.438.